The number of carbonyl (C=O) groups is 1. The zero-order valence-corrected chi connectivity index (χ0v) is 13.6. The lowest BCUT2D eigenvalue weighted by Crippen LogP contribution is -2.53. The molecule has 6 heteroatoms. The normalized spacial score (nSPS) is 17.4. The number of hydrogen-bond acceptors (Lipinski definition) is 6. The maximum atomic E-state index is 12.2. The van der Waals surface area contributed by atoms with Crippen molar-refractivity contribution >= 4 is 17.3 Å². The lowest BCUT2D eigenvalue weighted by molar-refractivity contribution is -0.146. The lowest BCUT2D eigenvalue weighted by Gasteiger charge is -2.43. The highest BCUT2D eigenvalue weighted by Gasteiger charge is 2.37. The molecule has 22 heavy (non-hydrogen) atoms. The predicted octanol–water partition coefficient (Wildman–Crippen LogP) is 1.82. The predicted molar refractivity (Wildman–Crippen MR) is 85.2 cm³/mol. The number of para-hydroxylation sites is 1. The van der Waals surface area contributed by atoms with Gasteiger partial charge in [0.25, 0.3) is 0 Å². The fraction of sp³-hybridized carbons (Fsp3) is 0.562. The zero-order valence-electron chi connectivity index (χ0n) is 13.6. The van der Waals surface area contributed by atoms with Crippen molar-refractivity contribution in [2.75, 3.05) is 37.5 Å². The first kappa shape index (κ1) is 16.4. The molecular weight excluding hydrogens is 284 g/mol. The molecule has 0 radical (unpaired) electrons. The molecule has 1 atom stereocenters. The van der Waals surface area contributed by atoms with E-state index in [1.165, 1.54) is 0 Å². The van der Waals surface area contributed by atoms with Crippen molar-refractivity contribution in [3.63, 3.8) is 0 Å². The van der Waals surface area contributed by atoms with Crippen LogP contribution in [0, 0.1) is 0 Å². The number of esters is 1. The molecule has 0 aromatic heterocycles. The summed E-state index contributed by atoms with van der Waals surface area (Å²) in [6, 6.07) is 5.05. The fourth-order valence-electron chi connectivity index (χ4n) is 2.55. The van der Waals surface area contributed by atoms with Gasteiger partial charge in [0.2, 0.25) is 0 Å². The Morgan fingerprint density at radius 3 is 2.86 bits per heavy atom. The van der Waals surface area contributed by atoms with E-state index in [2.05, 4.69) is 0 Å². The number of nitrogen functional groups attached to an aromatic ring is 1. The van der Waals surface area contributed by atoms with Crippen LogP contribution in [0.4, 0.5) is 11.4 Å². The maximum Gasteiger partial charge on any atom is 0.328 e. The summed E-state index contributed by atoms with van der Waals surface area (Å²) < 4.78 is 16.1. The van der Waals surface area contributed by atoms with Gasteiger partial charge in [-0.25, -0.2) is 4.79 Å². The average molecular weight is 308 g/mol. The van der Waals surface area contributed by atoms with E-state index in [4.69, 9.17) is 19.9 Å². The second kappa shape index (κ2) is 6.44. The summed E-state index contributed by atoms with van der Waals surface area (Å²) in [7, 11) is 1.57. The van der Waals surface area contributed by atoms with Crippen LogP contribution in [0.5, 0.6) is 5.75 Å². The summed E-state index contributed by atoms with van der Waals surface area (Å²) in [6.45, 7) is 6.95. The third kappa shape index (κ3) is 3.44. The molecular formula is C16H24N2O4. The van der Waals surface area contributed by atoms with E-state index in [1.54, 1.807) is 13.2 Å². The van der Waals surface area contributed by atoms with Gasteiger partial charge in [-0.15, -0.1) is 0 Å². The van der Waals surface area contributed by atoms with Crippen LogP contribution >= 0.6 is 0 Å². The van der Waals surface area contributed by atoms with Gasteiger partial charge in [-0.05, 0) is 32.9 Å². The summed E-state index contributed by atoms with van der Waals surface area (Å²) in [5.41, 5.74) is 7.01. The van der Waals surface area contributed by atoms with Gasteiger partial charge in [0.15, 0.2) is 0 Å². The van der Waals surface area contributed by atoms with Crippen LogP contribution < -0.4 is 15.4 Å². The third-order valence-electron chi connectivity index (χ3n) is 3.60. The number of fused-ring (bicyclic) bond motifs is 1. The van der Waals surface area contributed by atoms with E-state index in [0.717, 1.165) is 5.69 Å². The molecule has 1 heterocycles. The average Bonchev–Trinajstić information content (AvgIpc) is 2.44. The molecule has 2 rings (SSSR count). The second-order valence-corrected chi connectivity index (χ2v) is 6.02. The summed E-state index contributed by atoms with van der Waals surface area (Å²) in [5.74, 6) is 0.386. The molecule has 0 spiro atoms. The first-order chi connectivity index (χ1) is 10.4. The van der Waals surface area contributed by atoms with Crippen molar-refractivity contribution < 1.29 is 19.0 Å². The van der Waals surface area contributed by atoms with Crippen LogP contribution in [-0.4, -0.2) is 44.5 Å². The highest BCUT2D eigenvalue weighted by atomic mass is 16.6. The van der Waals surface area contributed by atoms with Gasteiger partial charge in [0, 0.05) is 7.11 Å². The Labute approximate surface area is 131 Å². The monoisotopic (exact) mass is 308 g/mol. The van der Waals surface area contributed by atoms with E-state index in [9.17, 15) is 4.79 Å². The number of benzene rings is 1. The number of methoxy groups -OCH3 is 1. The number of anilines is 2. The maximum absolute atomic E-state index is 12.2. The van der Waals surface area contributed by atoms with Crippen molar-refractivity contribution in [1.82, 2.24) is 0 Å². The summed E-state index contributed by atoms with van der Waals surface area (Å²) in [6.07, 6.45) is 0. The molecule has 0 saturated carbocycles. The molecule has 1 aliphatic rings. The molecule has 2 N–H and O–H groups in total. The highest BCUT2D eigenvalue weighted by molar-refractivity contribution is 5.85. The van der Waals surface area contributed by atoms with Gasteiger partial charge in [-0.3, -0.25) is 0 Å². The van der Waals surface area contributed by atoms with Gasteiger partial charge in [-0.1, -0.05) is 6.07 Å². The largest absolute Gasteiger partial charge is 0.484 e. The van der Waals surface area contributed by atoms with Gasteiger partial charge in [-0.2, -0.15) is 0 Å². The van der Waals surface area contributed by atoms with Crippen molar-refractivity contribution in [3.8, 4) is 5.75 Å². The molecule has 1 aromatic carbocycles. The lowest BCUT2D eigenvalue weighted by atomic mass is 10.0. The molecule has 6 nitrogen and oxygen atoms in total. The standard InChI is InChI=1S/C16H24N2O4/c1-11(15(19)21-9-8-20-4)18-10-16(2,3)22-13-7-5-6-12(17)14(13)18/h5-7,11H,8-10,17H2,1-4H3. The molecule has 0 amide bonds. The first-order valence-electron chi connectivity index (χ1n) is 7.35. The molecule has 0 saturated heterocycles. The number of nitrogens with two attached hydrogens (primary N) is 1. The van der Waals surface area contributed by atoms with Crippen molar-refractivity contribution in [2.45, 2.75) is 32.4 Å². The van der Waals surface area contributed by atoms with Crippen molar-refractivity contribution in [2.24, 2.45) is 0 Å². The number of hydrogen-bond donors (Lipinski definition) is 1. The Morgan fingerprint density at radius 1 is 1.45 bits per heavy atom. The molecule has 1 aromatic rings. The molecule has 0 fully saturated rings. The van der Waals surface area contributed by atoms with Crippen LogP contribution in [0.1, 0.15) is 20.8 Å². The van der Waals surface area contributed by atoms with Gasteiger partial charge >= 0.3 is 5.97 Å². The Balaban J connectivity index is 2.24. The summed E-state index contributed by atoms with van der Waals surface area (Å²) in [4.78, 5) is 14.2. The highest BCUT2D eigenvalue weighted by Crippen LogP contribution is 2.42. The molecule has 0 aliphatic carbocycles. The first-order valence-corrected chi connectivity index (χ1v) is 7.35. The van der Waals surface area contributed by atoms with E-state index >= 15 is 0 Å². The SMILES string of the molecule is COCCOC(=O)C(C)N1CC(C)(C)Oc2cccc(N)c21. The van der Waals surface area contributed by atoms with E-state index in [1.807, 2.05) is 37.8 Å². The number of nitrogens with zero attached hydrogens (tertiary/aromatic N) is 1. The van der Waals surface area contributed by atoms with Crippen LogP contribution in [0.2, 0.25) is 0 Å². The van der Waals surface area contributed by atoms with Crippen LogP contribution in [0.3, 0.4) is 0 Å². The molecule has 1 unspecified atom stereocenters. The quantitative estimate of drug-likeness (QED) is 0.508. The van der Waals surface area contributed by atoms with Gasteiger partial charge in [0.05, 0.1) is 18.8 Å². The van der Waals surface area contributed by atoms with Crippen LogP contribution in [-0.2, 0) is 14.3 Å². The fourth-order valence-corrected chi connectivity index (χ4v) is 2.55. The molecule has 0 bridgehead atoms. The minimum Gasteiger partial charge on any atom is -0.484 e. The molecule has 122 valence electrons. The van der Waals surface area contributed by atoms with Crippen LogP contribution in [0.15, 0.2) is 18.2 Å². The number of ether oxygens (including phenoxy) is 3. The second-order valence-electron chi connectivity index (χ2n) is 6.02. The van der Waals surface area contributed by atoms with E-state index in [-0.39, 0.29) is 12.6 Å². The van der Waals surface area contributed by atoms with Gasteiger partial charge in [0.1, 0.15) is 29.7 Å². The van der Waals surface area contributed by atoms with E-state index < -0.39 is 11.6 Å². The summed E-state index contributed by atoms with van der Waals surface area (Å²) in [5, 5.41) is 0. The topological polar surface area (TPSA) is 74.0 Å². The van der Waals surface area contributed by atoms with Gasteiger partial charge < -0.3 is 24.8 Å². The van der Waals surface area contributed by atoms with Crippen LogP contribution in [0.25, 0.3) is 0 Å². The summed E-state index contributed by atoms with van der Waals surface area (Å²) >= 11 is 0. The Morgan fingerprint density at radius 2 is 2.18 bits per heavy atom. The molecule has 1 aliphatic heterocycles. The van der Waals surface area contributed by atoms with Crippen molar-refractivity contribution in [3.05, 3.63) is 18.2 Å². The number of carbonyl (C=O) groups excluding carboxylic acids is 1. The minimum absolute atomic E-state index is 0.241. The Kier molecular flexibility index (Phi) is 4.81. The Hall–Kier alpha value is -1.95. The minimum atomic E-state index is -0.455. The number of rotatable bonds is 5. The smallest absolute Gasteiger partial charge is 0.328 e. The van der Waals surface area contributed by atoms with E-state index in [0.29, 0.717) is 24.6 Å². The zero-order chi connectivity index (χ0) is 16.3. The van der Waals surface area contributed by atoms with Crippen molar-refractivity contribution in [1.29, 1.82) is 0 Å². The Bertz CT molecular complexity index is 545. The third-order valence-corrected chi connectivity index (χ3v) is 3.60.